The van der Waals surface area contributed by atoms with Gasteiger partial charge < -0.3 is 9.84 Å². The SMILES string of the molecule is CCn1nc(C(=O)OC(C)C)cc1C(=O)O. The van der Waals surface area contributed by atoms with Gasteiger partial charge in [0.2, 0.25) is 0 Å². The lowest BCUT2D eigenvalue weighted by atomic mass is 10.3. The minimum atomic E-state index is -1.11. The number of aryl methyl sites for hydroxylation is 1. The van der Waals surface area contributed by atoms with Crippen LogP contribution in [-0.2, 0) is 11.3 Å². The highest BCUT2D eigenvalue weighted by Crippen LogP contribution is 2.07. The molecule has 6 nitrogen and oxygen atoms in total. The molecule has 0 saturated carbocycles. The van der Waals surface area contributed by atoms with Crippen molar-refractivity contribution in [2.24, 2.45) is 0 Å². The van der Waals surface area contributed by atoms with Gasteiger partial charge in [0.05, 0.1) is 6.10 Å². The van der Waals surface area contributed by atoms with Crippen molar-refractivity contribution in [2.45, 2.75) is 33.4 Å². The van der Waals surface area contributed by atoms with Crippen LogP contribution in [0.25, 0.3) is 0 Å². The third-order valence-electron chi connectivity index (χ3n) is 1.85. The predicted octanol–water partition coefficient (Wildman–Crippen LogP) is 1.17. The zero-order valence-electron chi connectivity index (χ0n) is 9.43. The molecule has 16 heavy (non-hydrogen) atoms. The summed E-state index contributed by atoms with van der Waals surface area (Å²) in [5.74, 6) is -1.72. The summed E-state index contributed by atoms with van der Waals surface area (Å²) >= 11 is 0. The second kappa shape index (κ2) is 4.78. The molecule has 0 radical (unpaired) electrons. The summed E-state index contributed by atoms with van der Waals surface area (Å²) in [4.78, 5) is 22.3. The van der Waals surface area contributed by atoms with Crippen molar-refractivity contribution in [2.75, 3.05) is 0 Å². The molecule has 1 aromatic rings. The fourth-order valence-corrected chi connectivity index (χ4v) is 1.20. The maximum atomic E-state index is 11.5. The Bertz CT molecular complexity index is 409. The highest BCUT2D eigenvalue weighted by molar-refractivity contribution is 5.92. The van der Waals surface area contributed by atoms with E-state index in [9.17, 15) is 9.59 Å². The van der Waals surface area contributed by atoms with Crippen LogP contribution in [0.2, 0.25) is 0 Å². The van der Waals surface area contributed by atoms with E-state index in [1.165, 1.54) is 10.7 Å². The summed E-state index contributed by atoms with van der Waals surface area (Å²) < 4.78 is 6.17. The topological polar surface area (TPSA) is 81.4 Å². The van der Waals surface area contributed by atoms with Gasteiger partial charge in [-0.2, -0.15) is 5.10 Å². The number of aromatic nitrogens is 2. The van der Waals surface area contributed by atoms with Gasteiger partial charge in [0, 0.05) is 12.6 Å². The molecule has 1 N–H and O–H groups in total. The molecule has 0 bridgehead atoms. The van der Waals surface area contributed by atoms with Gasteiger partial charge in [-0.15, -0.1) is 0 Å². The number of rotatable bonds is 4. The number of carboxylic acids is 1. The lowest BCUT2D eigenvalue weighted by Crippen LogP contribution is -2.12. The number of hydrogen-bond donors (Lipinski definition) is 1. The lowest BCUT2D eigenvalue weighted by molar-refractivity contribution is 0.0369. The molecule has 0 spiro atoms. The highest BCUT2D eigenvalue weighted by atomic mass is 16.5. The Labute approximate surface area is 92.8 Å². The van der Waals surface area contributed by atoms with Gasteiger partial charge in [0.15, 0.2) is 5.69 Å². The molecule has 0 aliphatic rings. The van der Waals surface area contributed by atoms with E-state index < -0.39 is 11.9 Å². The molecular formula is C10H14N2O4. The van der Waals surface area contributed by atoms with Crippen molar-refractivity contribution >= 4 is 11.9 Å². The van der Waals surface area contributed by atoms with Gasteiger partial charge in [-0.25, -0.2) is 9.59 Å². The maximum absolute atomic E-state index is 11.5. The zero-order chi connectivity index (χ0) is 12.3. The first kappa shape index (κ1) is 12.2. The number of carbonyl (C=O) groups excluding carboxylic acids is 1. The third kappa shape index (κ3) is 2.59. The van der Waals surface area contributed by atoms with E-state index in [0.29, 0.717) is 6.54 Å². The van der Waals surface area contributed by atoms with Crippen molar-refractivity contribution in [1.29, 1.82) is 0 Å². The van der Waals surface area contributed by atoms with Crippen LogP contribution in [0.4, 0.5) is 0 Å². The molecule has 0 aliphatic heterocycles. The first-order valence-corrected chi connectivity index (χ1v) is 4.97. The summed E-state index contributed by atoms with van der Waals surface area (Å²) in [6.45, 7) is 5.56. The van der Waals surface area contributed by atoms with Crippen LogP contribution in [0, 0.1) is 0 Å². The molecule has 0 fully saturated rings. The summed E-state index contributed by atoms with van der Waals surface area (Å²) in [7, 11) is 0. The second-order valence-electron chi connectivity index (χ2n) is 3.49. The van der Waals surface area contributed by atoms with Gasteiger partial charge in [0.1, 0.15) is 5.69 Å². The number of aromatic carboxylic acids is 1. The lowest BCUT2D eigenvalue weighted by Gasteiger charge is -2.04. The molecule has 0 saturated heterocycles. The largest absolute Gasteiger partial charge is 0.477 e. The number of carbonyl (C=O) groups is 2. The molecule has 0 aromatic carbocycles. The van der Waals surface area contributed by atoms with Crippen LogP contribution in [0.1, 0.15) is 41.7 Å². The van der Waals surface area contributed by atoms with Gasteiger partial charge >= 0.3 is 11.9 Å². The quantitative estimate of drug-likeness (QED) is 0.779. The van der Waals surface area contributed by atoms with Crippen LogP contribution in [-0.4, -0.2) is 32.9 Å². The summed E-state index contributed by atoms with van der Waals surface area (Å²) in [5.41, 5.74) is 0.00570. The van der Waals surface area contributed by atoms with Crippen molar-refractivity contribution in [3.63, 3.8) is 0 Å². The van der Waals surface area contributed by atoms with E-state index >= 15 is 0 Å². The van der Waals surface area contributed by atoms with Gasteiger partial charge in [-0.05, 0) is 20.8 Å². The van der Waals surface area contributed by atoms with Crippen LogP contribution < -0.4 is 0 Å². The van der Waals surface area contributed by atoms with Crippen LogP contribution >= 0.6 is 0 Å². The van der Waals surface area contributed by atoms with E-state index in [0.717, 1.165) is 0 Å². The van der Waals surface area contributed by atoms with E-state index in [1.54, 1.807) is 20.8 Å². The average Bonchev–Trinajstić information content (AvgIpc) is 2.60. The highest BCUT2D eigenvalue weighted by Gasteiger charge is 2.19. The van der Waals surface area contributed by atoms with Crippen LogP contribution in [0.15, 0.2) is 6.07 Å². The molecular weight excluding hydrogens is 212 g/mol. The molecule has 1 aromatic heterocycles. The Kier molecular flexibility index (Phi) is 3.65. The van der Waals surface area contributed by atoms with Crippen LogP contribution in [0.5, 0.6) is 0 Å². The normalized spacial score (nSPS) is 10.5. The predicted molar refractivity (Wildman–Crippen MR) is 55.4 cm³/mol. The molecule has 0 atom stereocenters. The van der Waals surface area contributed by atoms with Crippen molar-refractivity contribution in [3.8, 4) is 0 Å². The molecule has 88 valence electrons. The number of carboxylic acid groups (broad SMARTS) is 1. The Hall–Kier alpha value is -1.85. The molecule has 1 heterocycles. The standard InChI is InChI=1S/C10H14N2O4/c1-4-12-8(9(13)14)5-7(11-12)10(15)16-6(2)3/h5-6H,4H2,1-3H3,(H,13,14). The maximum Gasteiger partial charge on any atom is 0.359 e. The van der Waals surface area contributed by atoms with Crippen molar-refractivity contribution in [3.05, 3.63) is 17.5 Å². The van der Waals surface area contributed by atoms with E-state index in [-0.39, 0.29) is 17.5 Å². The Balaban J connectivity index is 2.99. The summed E-state index contributed by atoms with van der Waals surface area (Å²) in [6.07, 6.45) is -0.257. The number of hydrogen-bond acceptors (Lipinski definition) is 4. The Morgan fingerprint density at radius 1 is 1.56 bits per heavy atom. The minimum Gasteiger partial charge on any atom is -0.477 e. The van der Waals surface area contributed by atoms with Crippen molar-refractivity contribution < 1.29 is 19.4 Å². The fraction of sp³-hybridized carbons (Fsp3) is 0.500. The average molecular weight is 226 g/mol. The van der Waals surface area contributed by atoms with E-state index in [4.69, 9.17) is 9.84 Å². The smallest absolute Gasteiger partial charge is 0.359 e. The fourth-order valence-electron chi connectivity index (χ4n) is 1.20. The third-order valence-corrected chi connectivity index (χ3v) is 1.85. The molecule has 6 heteroatoms. The van der Waals surface area contributed by atoms with Crippen LogP contribution in [0.3, 0.4) is 0 Å². The minimum absolute atomic E-state index is 0.0155. The van der Waals surface area contributed by atoms with E-state index in [1.807, 2.05) is 0 Å². The Morgan fingerprint density at radius 2 is 2.19 bits per heavy atom. The summed E-state index contributed by atoms with van der Waals surface area (Å²) in [5, 5.41) is 12.7. The molecule has 0 amide bonds. The zero-order valence-corrected chi connectivity index (χ0v) is 9.43. The second-order valence-corrected chi connectivity index (χ2v) is 3.49. The first-order valence-electron chi connectivity index (χ1n) is 4.97. The summed E-state index contributed by atoms with van der Waals surface area (Å²) in [6, 6.07) is 1.22. The number of nitrogens with zero attached hydrogens (tertiary/aromatic N) is 2. The molecule has 0 unspecified atom stereocenters. The Morgan fingerprint density at radius 3 is 2.56 bits per heavy atom. The van der Waals surface area contributed by atoms with E-state index in [2.05, 4.69) is 5.10 Å². The molecule has 1 rings (SSSR count). The van der Waals surface area contributed by atoms with Gasteiger partial charge in [0.25, 0.3) is 0 Å². The first-order chi connectivity index (χ1) is 7.45. The number of ether oxygens (including phenoxy) is 1. The monoisotopic (exact) mass is 226 g/mol. The number of esters is 1. The van der Waals surface area contributed by atoms with Gasteiger partial charge in [-0.3, -0.25) is 4.68 Å². The molecule has 0 aliphatic carbocycles. The van der Waals surface area contributed by atoms with Crippen molar-refractivity contribution in [1.82, 2.24) is 9.78 Å². The van der Waals surface area contributed by atoms with Gasteiger partial charge in [-0.1, -0.05) is 0 Å².